The van der Waals surface area contributed by atoms with E-state index in [1.807, 2.05) is 0 Å². The predicted octanol–water partition coefficient (Wildman–Crippen LogP) is 5.47. The maximum absolute atomic E-state index is 13.3. The Labute approximate surface area is 219 Å². The van der Waals surface area contributed by atoms with Crippen LogP contribution in [0.15, 0.2) is 54.1 Å². The molecule has 1 aliphatic rings. The van der Waals surface area contributed by atoms with E-state index in [1.165, 1.54) is 18.9 Å². The van der Waals surface area contributed by atoms with Crippen molar-refractivity contribution in [1.29, 1.82) is 0 Å². The third-order valence-electron chi connectivity index (χ3n) is 6.08. The zero-order valence-corrected chi connectivity index (χ0v) is 21.9. The highest BCUT2D eigenvalue weighted by Crippen LogP contribution is 2.44. The standard InChI is InChI=1S/C28H28N2O6S/c1-5-6-15-36-21-13-7-18(8-14-21)23-22(24(32)19-9-11-20(35-4)12-10-19)25(33)27(34)30(23)28-29-16(2)26(37-28)17(3)31/h7-14,23,32H,5-6,15H2,1-4H3/b24-22+. The van der Waals surface area contributed by atoms with Crippen LogP contribution < -0.4 is 14.4 Å². The van der Waals surface area contributed by atoms with Crippen molar-refractivity contribution >= 4 is 39.7 Å². The first-order valence-corrected chi connectivity index (χ1v) is 12.7. The summed E-state index contributed by atoms with van der Waals surface area (Å²) in [4.78, 5) is 44.8. The second kappa shape index (κ2) is 11.0. The number of aromatic nitrogens is 1. The number of unbranched alkanes of at least 4 members (excludes halogenated alkanes) is 1. The number of rotatable bonds is 9. The zero-order chi connectivity index (χ0) is 26.7. The quantitative estimate of drug-likeness (QED) is 0.131. The predicted molar refractivity (Wildman–Crippen MR) is 141 cm³/mol. The zero-order valence-electron chi connectivity index (χ0n) is 21.1. The lowest BCUT2D eigenvalue weighted by Gasteiger charge is -2.23. The molecule has 2 aromatic carbocycles. The number of amides is 1. The normalized spacial score (nSPS) is 16.8. The van der Waals surface area contributed by atoms with Gasteiger partial charge in [0.1, 0.15) is 17.3 Å². The lowest BCUT2D eigenvalue weighted by molar-refractivity contribution is -0.132. The third kappa shape index (κ3) is 5.13. The summed E-state index contributed by atoms with van der Waals surface area (Å²) in [5.74, 6) is -0.903. The van der Waals surface area contributed by atoms with Gasteiger partial charge in [-0.1, -0.05) is 36.8 Å². The van der Waals surface area contributed by atoms with Gasteiger partial charge < -0.3 is 14.6 Å². The Morgan fingerprint density at radius 3 is 2.30 bits per heavy atom. The van der Waals surface area contributed by atoms with E-state index in [1.54, 1.807) is 55.5 Å². The molecular formula is C28H28N2O6S. The van der Waals surface area contributed by atoms with Crippen LogP contribution in [0.2, 0.25) is 0 Å². The summed E-state index contributed by atoms with van der Waals surface area (Å²) in [5, 5.41) is 11.5. The average molecular weight is 521 g/mol. The molecule has 1 atom stereocenters. The minimum absolute atomic E-state index is 0.0629. The molecule has 192 valence electrons. The largest absolute Gasteiger partial charge is 0.507 e. The average Bonchev–Trinajstić information content (AvgIpc) is 3.41. The summed E-state index contributed by atoms with van der Waals surface area (Å²) in [6.45, 7) is 5.77. The Balaban J connectivity index is 1.84. The Bertz CT molecular complexity index is 1360. The Hall–Kier alpha value is -3.98. The van der Waals surface area contributed by atoms with Gasteiger partial charge in [-0.3, -0.25) is 19.3 Å². The number of methoxy groups -OCH3 is 1. The lowest BCUT2D eigenvalue weighted by atomic mass is 9.95. The van der Waals surface area contributed by atoms with Gasteiger partial charge in [0.05, 0.1) is 35.9 Å². The molecule has 1 amide bonds. The van der Waals surface area contributed by atoms with Crippen LogP contribution in [0.5, 0.6) is 11.5 Å². The van der Waals surface area contributed by atoms with Gasteiger partial charge in [-0.25, -0.2) is 4.98 Å². The summed E-state index contributed by atoms with van der Waals surface area (Å²) < 4.78 is 10.9. The highest BCUT2D eigenvalue weighted by atomic mass is 32.1. The number of anilines is 1. The molecule has 0 aliphatic carbocycles. The number of thiazole rings is 1. The minimum atomic E-state index is -0.947. The highest BCUT2D eigenvalue weighted by molar-refractivity contribution is 7.18. The molecule has 0 spiro atoms. The van der Waals surface area contributed by atoms with Gasteiger partial charge in [0.15, 0.2) is 10.9 Å². The SMILES string of the molecule is CCCCOc1ccc(C2/C(=C(\O)c3ccc(OC)cc3)C(=O)C(=O)N2c2nc(C)c(C(C)=O)s2)cc1. The number of nitrogens with zero attached hydrogens (tertiary/aromatic N) is 2. The molecule has 0 saturated carbocycles. The molecule has 1 aliphatic heterocycles. The molecule has 8 nitrogen and oxygen atoms in total. The van der Waals surface area contributed by atoms with E-state index in [9.17, 15) is 19.5 Å². The Kier molecular flexibility index (Phi) is 7.73. The van der Waals surface area contributed by atoms with Gasteiger partial charge in [-0.2, -0.15) is 0 Å². The minimum Gasteiger partial charge on any atom is -0.507 e. The van der Waals surface area contributed by atoms with Crippen molar-refractivity contribution in [3.8, 4) is 11.5 Å². The number of aryl methyl sites for hydroxylation is 1. The van der Waals surface area contributed by atoms with Crippen molar-refractivity contribution < 1.29 is 29.0 Å². The second-order valence-electron chi connectivity index (χ2n) is 8.64. The van der Waals surface area contributed by atoms with Gasteiger partial charge in [0.25, 0.3) is 5.78 Å². The fraction of sp³-hybridized carbons (Fsp3) is 0.286. The molecular weight excluding hydrogens is 492 g/mol. The highest BCUT2D eigenvalue weighted by Gasteiger charge is 2.48. The number of aliphatic hydroxyl groups is 1. The Morgan fingerprint density at radius 2 is 1.73 bits per heavy atom. The van der Waals surface area contributed by atoms with E-state index >= 15 is 0 Å². The van der Waals surface area contributed by atoms with Crippen molar-refractivity contribution in [3.63, 3.8) is 0 Å². The van der Waals surface area contributed by atoms with Crippen LogP contribution in [-0.2, 0) is 9.59 Å². The van der Waals surface area contributed by atoms with Crippen LogP contribution in [0.3, 0.4) is 0 Å². The molecule has 1 N–H and O–H groups in total. The number of ether oxygens (including phenoxy) is 2. The van der Waals surface area contributed by atoms with Gasteiger partial charge >= 0.3 is 5.91 Å². The van der Waals surface area contributed by atoms with E-state index in [0.29, 0.717) is 39.8 Å². The summed E-state index contributed by atoms with van der Waals surface area (Å²) in [6.07, 6.45) is 1.93. The summed E-state index contributed by atoms with van der Waals surface area (Å²) in [6, 6.07) is 12.7. The van der Waals surface area contributed by atoms with Crippen LogP contribution in [-0.4, -0.2) is 41.3 Å². The summed E-state index contributed by atoms with van der Waals surface area (Å²) in [7, 11) is 1.53. The van der Waals surface area contributed by atoms with Crippen LogP contribution in [0.1, 0.15) is 59.2 Å². The van der Waals surface area contributed by atoms with Crippen molar-refractivity contribution in [2.24, 2.45) is 0 Å². The number of hydrogen-bond donors (Lipinski definition) is 1. The molecule has 2 heterocycles. The number of carbonyl (C=O) groups is 3. The van der Waals surface area contributed by atoms with Crippen molar-refractivity contribution in [2.75, 3.05) is 18.6 Å². The van der Waals surface area contributed by atoms with Gasteiger partial charge in [0, 0.05) is 12.5 Å². The Morgan fingerprint density at radius 1 is 1.08 bits per heavy atom. The maximum atomic E-state index is 13.3. The van der Waals surface area contributed by atoms with E-state index in [-0.39, 0.29) is 22.2 Å². The first-order chi connectivity index (χ1) is 17.8. The smallest absolute Gasteiger partial charge is 0.301 e. The molecule has 3 aromatic rings. The van der Waals surface area contributed by atoms with Crippen molar-refractivity contribution in [3.05, 3.63) is 75.8 Å². The van der Waals surface area contributed by atoms with Crippen molar-refractivity contribution in [1.82, 2.24) is 4.98 Å². The van der Waals surface area contributed by atoms with Gasteiger partial charge in [-0.15, -0.1) is 0 Å². The number of Topliss-reactive ketones (excluding diaryl/α,β-unsaturated/α-hetero) is 2. The van der Waals surface area contributed by atoms with Crippen LogP contribution in [0, 0.1) is 6.92 Å². The number of ketones is 2. The van der Waals surface area contributed by atoms with E-state index in [2.05, 4.69) is 11.9 Å². The van der Waals surface area contributed by atoms with Crippen molar-refractivity contribution in [2.45, 2.75) is 39.7 Å². The number of carbonyl (C=O) groups excluding carboxylic acids is 3. The van der Waals surface area contributed by atoms with E-state index in [0.717, 1.165) is 24.2 Å². The van der Waals surface area contributed by atoms with E-state index < -0.39 is 17.7 Å². The molecule has 37 heavy (non-hydrogen) atoms. The first-order valence-electron chi connectivity index (χ1n) is 11.9. The molecule has 1 aromatic heterocycles. The number of benzene rings is 2. The van der Waals surface area contributed by atoms with Crippen LogP contribution >= 0.6 is 11.3 Å². The third-order valence-corrected chi connectivity index (χ3v) is 7.34. The molecule has 0 radical (unpaired) electrons. The molecule has 0 bridgehead atoms. The van der Waals surface area contributed by atoms with E-state index in [4.69, 9.17) is 9.47 Å². The fourth-order valence-electron chi connectivity index (χ4n) is 4.14. The molecule has 9 heteroatoms. The molecule has 1 unspecified atom stereocenters. The van der Waals surface area contributed by atoms with Gasteiger partial charge in [-0.05, 0) is 55.3 Å². The molecule has 4 rings (SSSR count). The van der Waals surface area contributed by atoms with Crippen LogP contribution in [0.4, 0.5) is 5.13 Å². The summed E-state index contributed by atoms with van der Waals surface area (Å²) in [5.41, 5.74) is 1.37. The topological polar surface area (TPSA) is 106 Å². The lowest BCUT2D eigenvalue weighted by Crippen LogP contribution is -2.29. The van der Waals surface area contributed by atoms with Gasteiger partial charge in [0.2, 0.25) is 0 Å². The summed E-state index contributed by atoms with van der Waals surface area (Å²) >= 11 is 1.05. The van der Waals surface area contributed by atoms with Crippen LogP contribution in [0.25, 0.3) is 5.76 Å². The molecule has 1 fully saturated rings. The second-order valence-corrected chi connectivity index (χ2v) is 9.61. The first kappa shape index (κ1) is 26.1. The molecule has 1 saturated heterocycles. The fourth-order valence-corrected chi connectivity index (χ4v) is 5.13. The maximum Gasteiger partial charge on any atom is 0.301 e. The number of hydrogen-bond acceptors (Lipinski definition) is 8. The number of aliphatic hydroxyl groups excluding tert-OH is 1. The monoisotopic (exact) mass is 520 g/mol.